The summed E-state index contributed by atoms with van der Waals surface area (Å²) >= 11 is 1.29. The molecule has 0 unspecified atom stereocenters. The summed E-state index contributed by atoms with van der Waals surface area (Å²) < 4.78 is 25.3. The standard InChI is InChI=1S/C24H26FN5O4S/c1-2-34-21(31)15-30-14-19(11-18-12-26-23(27-13-18)29-7-9-33-10-8-29)22(32)28-24(30)35-16-17-3-5-20(25)6-4-17/h3-6,12-14H,2,7-11,15-16H2,1H3. The van der Waals surface area contributed by atoms with E-state index in [2.05, 4.69) is 15.0 Å². The number of anilines is 1. The summed E-state index contributed by atoms with van der Waals surface area (Å²) in [6.45, 7) is 4.66. The fraction of sp³-hybridized carbons (Fsp3) is 0.375. The Hall–Kier alpha value is -3.31. The van der Waals surface area contributed by atoms with Gasteiger partial charge in [-0.2, -0.15) is 4.98 Å². The van der Waals surface area contributed by atoms with Gasteiger partial charge in [-0.15, -0.1) is 0 Å². The number of hydrogen-bond donors (Lipinski definition) is 0. The van der Waals surface area contributed by atoms with Crippen molar-refractivity contribution in [1.82, 2.24) is 19.5 Å². The number of halogens is 1. The first-order chi connectivity index (χ1) is 17.0. The van der Waals surface area contributed by atoms with Crippen molar-refractivity contribution < 1.29 is 18.7 Å². The van der Waals surface area contributed by atoms with Crippen molar-refractivity contribution >= 4 is 23.7 Å². The minimum absolute atomic E-state index is 0.0770. The highest BCUT2D eigenvalue weighted by molar-refractivity contribution is 7.98. The van der Waals surface area contributed by atoms with Gasteiger partial charge in [-0.25, -0.2) is 14.4 Å². The molecule has 184 valence electrons. The molecular weight excluding hydrogens is 473 g/mol. The summed E-state index contributed by atoms with van der Waals surface area (Å²) in [7, 11) is 0. The molecular formula is C24H26FN5O4S. The van der Waals surface area contributed by atoms with Gasteiger partial charge in [0.25, 0.3) is 5.56 Å². The fourth-order valence-electron chi connectivity index (χ4n) is 3.53. The molecule has 11 heteroatoms. The molecule has 0 atom stereocenters. The quantitative estimate of drug-likeness (QED) is 0.250. The van der Waals surface area contributed by atoms with E-state index in [1.165, 1.54) is 23.9 Å². The number of carbonyl (C=O) groups excluding carboxylic acids is 1. The van der Waals surface area contributed by atoms with Crippen molar-refractivity contribution in [3.63, 3.8) is 0 Å². The molecule has 1 saturated heterocycles. The molecule has 1 aliphatic heterocycles. The monoisotopic (exact) mass is 499 g/mol. The largest absolute Gasteiger partial charge is 0.465 e. The van der Waals surface area contributed by atoms with E-state index in [1.807, 2.05) is 4.90 Å². The van der Waals surface area contributed by atoms with Crippen LogP contribution in [0, 0.1) is 5.82 Å². The minimum atomic E-state index is -0.425. The predicted octanol–water partition coefficient (Wildman–Crippen LogP) is 2.46. The second-order valence-electron chi connectivity index (χ2n) is 7.87. The molecule has 3 aromatic rings. The van der Waals surface area contributed by atoms with Crippen molar-refractivity contribution in [2.75, 3.05) is 37.8 Å². The topological polar surface area (TPSA) is 99.4 Å². The van der Waals surface area contributed by atoms with Crippen LogP contribution in [0.15, 0.2) is 52.8 Å². The average Bonchev–Trinajstić information content (AvgIpc) is 2.87. The predicted molar refractivity (Wildman–Crippen MR) is 129 cm³/mol. The lowest BCUT2D eigenvalue weighted by Crippen LogP contribution is -2.37. The second kappa shape index (κ2) is 11.9. The Kier molecular flexibility index (Phi) is 8.43. The van der Waals surface area contributed by atoms with E-state index < -0.39 is 5.97 Å². The molecule has 0 saturated carbocycles. The van der Waals surface area contributed by atoms with Crippen LogP contribution in [0.2, 0.25) is 0 Å². The minimum Gasteiger partial charge on any atom is -0.465 e. The van der Waals surface area contributed by atoms with E-state index >= 15 is 0 Å². The Morgan fingerprint density at radius 2 is 1.86 bits per heavy atom. The fourth-order valence-corrected chi connectivity index (χ4v) is 4.45. The molecule has 0 radical (unpaired) electrons. The first-order valence-corrected chi connectivity index (χ1v) is 12.3. The number of rotatable bonds is 9. The number of morpholine rings is 1. The van der Waals surface area contributed by atoms with E-state index in [0.29, 0.717) is 35.6 Å². The van der Waals surface area contributed by atoms with Crippen LogP contribution in [-0.2, 0) is 33.0 Å². The summed E-state index contributed by atoms with van der Waals surface area (Å²) in [5, 5.41) is 0.384. The Balaban J connectivity index is 1.53. The van der Waals surface area contributed by atoms with Crippen LogP contribution in [0.3, 0.4) is 0 Å². The van der Waals surface area contributed by atoms with Crippen LogP contribution in [0.25, 0.3) is 0 Å². The van der Waals surface area contributed by atoms with Gasteiger partial charge >= 0.3 is 5.97 Å². The summed E-state index contributed by atoms with van der Waals surface area (Å²) in [4.78, 5) is 40.1. The summed E-state index contributed by atoms with van der Waals surface area (Å²) in [6.07, 6.45) is 5.31. The van der Waals surface area contributed by atoms with Crippen molar-refractivity contribution in [3.05, 3.63) is 75.7 Å². The van der Waals surface area contributed by atoms with Crippen LogP contribution in [0.4, 0.5) is 10.3 Å². The molecule has 9 nitrogen and oxygen atoms in total. The highest BCUT2D eigenvalue weighted by atomic mass is 32.2. The van der Waals surface area contributed by atoms with Gasteiger partial charge in [0, 0.05) is 49.4 Å². The third-order valence-electron chi connectivity index (χ3n) is 5.30. The van der Waals surface area contributed by atoms with E-state index in [-0.39, 0.29) is 30.9 Å². The molecule has 1 aromatic carbocycles. The summed E-state index contributed by atoms with van der Waals surface area (Å²) in [5.41, 5.74) is 1.66. The van der Waals surface area contributed by atoms with Crippen LogP contribution < -0.4 is 10.5 Å². The smallest absolute Gasteiger partial charge is 0.326 e. The number of carbonyl (C=O) groups is 1. The van der Waals surface area contributed by atoms with Gasteiger partial charge in [-0.1, -0.05) is 23.9 Å². The molecule has 4 rings (SSSR count). The maximum Gasteiger partial charge on any atom is 0.326 e. The molecule has 0 aliphatic carbocycles. The van der Waals surface area contributed by atoms with Crippen LogP contribution >= 0.6 is 11.8 Å². The number of aromatic nitrogens is 4. The summed E-state index contributed by atoms with van der Waals surface area (Å²) in [6, 6.07) is 6.10. The van der Waals surface area contributed by atoms with E-state index in [0.717, 1.165) is 24.2 Å². The number of esters is 1. The maximum absolute atomic E-state index is 13.2. The van der Waals surface area contributed by atoms with Gasteiger partial charge in [-0.3, -0.25) is 9.59 Å². The normalized spacial score (nSPS) is 13.6. The van der Waals surface area contributed by atoms with Gasteiger partial charge in [0.15, 0.2) is 5.16 Å². The van der Waals surface area contributed by atoms with Crippen molar-refractivity contribution in [2.45, 2.75) is 30.8 Å². The van der Waals surface area contributed by atoms with Gasteiger partial charge < -0.3 is 18.9 Å². The zero-order chi connectivity index (χ0) is 24.6. The first-order valence-electron chi connectivity index (χ1n) is 11.3. The Morgan fingerprint density at radius 1 is 1.14 bits per heavy atom. The second-order valence-corrected chi connectivity index (χ2v) is 8.81. The molecule has 0 bridgehead atoms. The van der Waals surface area contributed by atoms with Gasteiger partial charge in [0.2, 0.25) is 5.95 Å². The van der Waals surface area contributed by atoms with E-state index in [9.17, 15) is 14.0 Å². The lowest BCUT2D eigenvalue weighted by atomic mass is 10.1. The van der Waals surface area contributed by atoms with Gasteiger partial charge in [0.1, 0.15) is 12.4 Å². The molecule has 3 heterocycles. The first kappa shape index (κ1) is 24.8. The highest BCUT2D eigenvalue weighted by Gasteiger charge is 2.16. The SMILES string of the molecule is CCOC(=O)Cn1cc(Cc2cnc(N3CCOCC3)nc2)c(=O)nc1SCc1ccc(F)cc1. The number of benzene rings is 1. The number of thioether (sulfide) groups is 1. The Morgan fingerprint density at radius 3 is 2.54 bits per heavy atom. The molecule has 1 aliphatic rings. The zero-order valence-electron chi connectivity index (χ0n) is 19.4. The third kappa shape index (κ3) is 6.86. The average molecular weight is 500 g/mol. The number of nitrogens with zero attached hydrogens (tertiary/aromatic N) is 5. The Bertz CT molecular complexity index is 1200. The molecule has 0 amide bonds. The molecule has 35 heavy (non-hydrogen) atoms. The lowest BCUT2D eigenvalue weighted by Gasteiger charge is -2.26. The van der Waals surface area contributed by atoms with Gasteiger partial charge in [-0.05, 0) is 30.2 Å². The maximum atomic E-state index is 13.2. The molecule has 1 fully saturated rings. The lowest BCUT2D eigenvalue weighted by molar-refractivity contribution is -0.144. The molecule has 0 spiro atoms. The highest BCUT2D eigenvalue weighted by Crippen LogP contribution is 2.21. The zero-order valence-corrected chi connectivity index (χ0v) is 20.2. The van der Waals surface area contributed by atoms with Crippen molar-refractivity contribution in [3.8, 4) is 0 Å². The van der Waals surface area contributed by atoms with Crippen LogP contribution in [-0.4, -0.2) is 58.4 Å². The Labute approximate surface area is 206 Å². The number of ether oxygens (including phenoxy) is 2. The molecule has 2 aromatic heterocycles. The van der Waals surface area contributed by atoms with Crippen molar-refractivity contribution in [1.29, 1.82) is 0 Å². The van der Waals surface area contributed by atoms with E-state index in [4.69, 9.17) is 9.47 Å². The van der Waals surface area contributed by atoms with E-state index in [1.54, 1.807) is 42.2 Å². The number of hydrogen-bond acceptors (Lipinski definition) is 9. The van der Waals surface area contributed by atoms with Gasteiger partial charge in [0.05, 0.1) is 19.8 Å². The van der Waals surface area contributed by atoms with Crippen molar-refractivity contribution in [2.24, 2.45) is 0 Å². The van der Waals surface area contributed by atoms with Crippen LogP contribution in [0.1, 0.15) is 23.6 Å². The third-order valence-corrected chi connectivity index (χ3v) is 6.36. The summed E-state index contributed by atoms with van der Waals surface area (Å²) in [5.74, 6) is 0.349. The molecule has 0 N–H and O–H groups in total. The van der Waals surface area contributed by atoms with Crippen LogP contribution in [0.5, 0.6) is 0 Å².